The molecule has 0 unspecified atom stereocenters. The van der Waals surface area contributed by atoms with Crippen LogP contribution in [0.2, 0.25) is 0 Å². The fourth-order valence-corrected chi connectivity index (χ4v) is 3.69. The van der Waals surface area contributed by atoms with Crippen molar-refractivity contribution < 1.29 is 32.0 Å². The van der Waals surface area contributed by atoms with E-state index in [1.54, 1.807) is 12.2 Å². The van der Waals surface area contributed by atoms with Crippen molar-refractivity contribution in [1.29, 1.82) is 0 Å². The van der Waals surface area contributed by atoms with Crippen molar-refractivity contribution in [3.8, 4) is 0 Å². The molecule has 0 heterocycles. The number of hydrogen-bond acceptors (Lipinski definition) is 6. The summed E-state index contributed by atoms with van der Waals surface area (Å²) in [6, 6.07) is 3.11. The fourth-order valence-electron chi connectivity index (χ4n) is 3.18. The fraction of sp³-hybridized carbons (Fsp3) is 0.538. The lowest BCUT2D eigenvalue weighted by atomic mass is 10.1. The molecule has 0 bridgehead atoms. The highest BCUT2D eigenvalue weighted by Crippen LogP contribution is 2.19. The zero-order valence-electron chi connectivity index (χ0n) is 20.3. The highest BCUT2D eigenvalue weighted by Gasteiger charge is 2.23. The van der Waals surface area contributed by atoms with Gasteiger partial charge in [0.1, 0.15) is 13.2 Å². The second-order valence-electron chi connectivity index (χ2n) is 8.02. The van der Waals surface area contributed by atoms with Crippen molar-refractivity contribution in [2.75, 3.05) is 13.2 Å². The summed E-state index contributed by atoms with van der Waals surface area (Å²) < 4.78 is 42.7. The van der Waals surface area contributed by atoms with Gasteiger partial charge >= 0.3 is 11.9 Å². The van der Waals surface area contributed by atoms with E-state index in [-0.39, 0.29) is 24.3 Å². The van der Waals surface area contributed by atoms with Gasteiger partial charge in [-0.05, 0) is 43.9 Å². The molecule has 0 aliphatic heterocycles. The Morgan fingerprint density at radius 1 is 0.765 bits per heavy atom. The van der Waals surface area contributed by atoms with Gasteiger partial charge in [-0.2, -0.15) is 8.42 Å². The molecule has 0 saturated carbocycles. The van der Waals surface area contributed by atoms with E-state index >= 15 is 0 Å². The quantitative estimate of drug-likeness (QED) is 0.117. The summed E-state index contributed by atoms with van der Waals surface area (Å²) in [6.07, 6.45) is 18.2. The maximum absolute atomic E-state index is 12.6. The van der Waals surface area contributed by atoms with E-state index < -0.39 is 27.0 Å². The van der Waals surface area contributed by atoms with Gasteiger partial charge in [0, 0.05) is 0 Å². The molecule has 0 spiro atoms. The number of unbranched alkanes of at least 4 members (excludes halogenated alkanes) is 8. The lowest BCUT2D eigenvalue weighted by molar-refractivity contribution is 0.0502. The minimum Gasteiger partial charge on any atom is -0.458 e. The Labute approximate surface area is 204 Å². The SMILES string of the molecule is CCCCCC/C=C/COC(=O)c1ccc(S(=O)(=O)O)cc1C(=O)OC/C=C/CCCCCC. The van der Waals surface area contributed by atoms with Crippen LogP contribution >= 0.6 is 0 Å². The first-order valence-electron chi connectivity index (χ1n) is 12.1. The maximum Gasteiger partial charge on any atom is 0.339 e. The van der Waals surface area contributed by atoms with E-state index in [4.69, 9.17) is 9.47 Å². The number of hydrogen-bond donors (Lipinski definition) is 1. The van der Waals surface area contributed by atoms with E-state index in [2.05, 4.69) is 13.8 Å². The molecular formula is C26H38O7S. The summed E-state index contributed by atoms with van der Waals surface area (Å²) in [4.78, 5) is 24.6. The molecule has 0 fully saturated rings. The van der Waals surface area contributed by atoms with Gasteiger partial charge in [0.15, 0.2) is 0 Å². The number of benzene rings is 1. The van der Waals surface area contributed by atoms with Gasteiger partial charge in [0.2, 0.25) is 0 Å². The Bertz CT molecular complexity index is 917. The minimum absolute atomic E-state index is 0.0159. The van der Waals surface area contributed by atoms with Crippen LogP contribution in [0.5, 0.6) is 0 Å². The lowest BCUT2D eigenvalue weighted by Crippen LogP contribution is -2.15. The summed E-state index contributed by atoms with van der Waals surface area (Å²) in [7, 11) is -4.56. The molecule has 1 aromatic carbocycles. The van der Waals surface area contributed by atoms with Crippen molar-refractivity contribution >= 4 is 22.1 Å². The molecule has 0 saturated heterocycles. The van der Waals surface area contributed by atoms with Crippen LogP contribution in [0, 0.1) is 0 Å². The number of ether oxygens (including phenoxy) is 2. The molecular weight excluding hydrogens is 456 g/mol. The monoisotopic (exact) mass is 494 g/mol. The van der Waals surface area contributed by atoms with Crippen LogP contribution in [0.1, 0.15) is 98.8 Å². The van der Waals surface area contributed by atoms with Crippen LogP contribution in [0.3, 0.4) is 0 Å². The molecule has 1 aromatic rings. The number of esters is 2. The van der Waals surface area contributed by atoms with E-state index in [1.165, 1.54) is 12.8 Å². The Hall–Kier alpha value is -2.45. The molecule has 0 aliphatic rings. The largest absolute Gasteiger partial charge is 0.458 e. The highest BCUT2D eigenvalue weighted by molar-refractivity contribution is 7.85. The number of carbonyl (C=O) groups excluding carboxylic acids is 2. The molecule has 0 aliphatic carbocycles. The van der Waals surface area contributed by atoms with Crippen LogP contribution in [0.25, 0.3) is 0 Å². The molecule has 0 amide bonds. The third kappa shape index (κ3) is 12.1. The van der Waals surface area contributed by atoms with Crippen LogP contribution in [-0.4, -0.2) is 38.1 Å². The molecule has 0 radical (unpaired) electrons. The van der Waals surface area contributed by atoms with Crippen LogP contribution in [0.15, 0.2) is 47.4 Å². The maximum atomic E-state index is 12.6. The first kappa shape index (κ1) is 29.6. The molecule has 1 rings (SSSR count). The molecule has 0 atom stereocenters. The lowest BCUT2D eigenvalue weighted by Gasteiger charge is -2.10. The van der Waals surface area contributed by atoms with Gasteiger partial charge in [-0.25, -0.2) is 9.59 Å². The standard InChI is InChI=1S/C26H38O7S/c1-3-5-7-9-11-13-15-19-32-25(27)23-18-17-22(34(29,30)31)21-24(23)26(28)33-20-16-14-12-10-8-6-4-2/h13-18,21H,3-12,19-20H2,1-2H3,(H,29,30,31)/b15-13+,16-14+. The normalized spacial score (nSPS) is 11.9. The van der Waals surface area contributed by atoms with Gasteiger partial charge in [-0.1, -0.05) is 76.7 Å². The second kappa shape index (κ2) is 17.1. The van der Waals surface area contributed by atoms with Crippen molar-refractivity contribution in [2.45, 2.75) is 83.0 Å². The third-order valence-corrected chi connectivity index (χ3v) is 5.98. The van der Waals surface area contributed by atoms with Crippen LogP contribution in [0.4, 0.5) is 0 Å². The molecule has 34 heavy (non-hydrogen) atoms. The topological polar surface area (TPSA) is 107 Å². The Kier molecular flexibility index (Phi) is 14.8. The van der Waals surface area contributed by atoms with E-state index in [1.807, 2.05) is 12.2 Å². The predicted octanol–water partition coefficient (Wildman–Crippen LogP) is 6.30. The summed E-state index contributed by atoms with van der Waals surface area (Å²) in [5, 5.41) is 0. The van der Waals surface area contributed by atoms with Gasteiger partial charge < -0.3 is 9.47 Å². The average molecular weight is 495 g/mol. The summed E-state index contributed by atoms with van der Waals surface area (Å²) in [6.45, 7) is 4.30. The third-order valence-electron chi connectivity index (χ3n) is 5.13. The molecule has 1 N–H and O–H groups in total. The van der Waals surface area contributed by atoms with Crippen molar-refractivity contribution in [3.05, 3.63) is 53.6 Å². The number of carbonyl (C=O) groups is 2. The summed E-state index contributed by atoms with van der Waals surface area (Å²) in [5.41, 5.74) is -0.405. The van der Waals surface area contributed by atoms with Crippen LogP contribution < -0.4 is 0 Å². The van der Waals surface area contributed by atoms with Crippen molar-refractivity contribution in [1.82, 2.24) is 0 Å². The number of allylic oxidation sites excluding steroid dienone is 2. The first-order valence-corrected chi connectivity index (χ1v) is 13.5. The smallest absolute Gasteiger partial charge is 0.339 e. The van der Waals surface area contributed by atoms with Crippen LogP contribution in [-0.2, 0) is 19.6 Å². The minimum atomic E-state index is -4.56. The highest BCUT2D eigenvalue weighted by atomic mass is 32.2. The van der Waals surface area contributed by atoms with Gasteiger partial charge in [-0.15, -0.1) is 0 Å². The van der Waals surface area contributed by atoms with E-state index in [0.717, 1.165) is 69.6 Å². The predicted molar refractivity (Wildman–Crippen MR) is 133 cm³/mol. The molecule has 8 heteroatoms. The Balaban J connectivity index is 2.75. The van der Waals surface area contributed by atoms with Gasteiger partial charge in [0.25, 0.3) is 10.1 Å². The van der Waals surface area contributed by atoms with E-state index in [0.29, 0.717) is 0 Å². The summed E-state index contributed by atoms with van der Waals surface area (Å²) in [5.74, 6) is -1.66. The molecule has 7 nitrogen and oxygen atoms in total. The summed E-state index contributed by atoms with van der Waals surface area (Å²) >= 11 is 0. The molecule has 0 aromatic heterocycles. The van der Waals surface area contributed by atoms with Gasteiger partial charge in [0.05, 0.1) is 16.0 Å². The van der Waals surface area contributed by atoms with Crippen molar-refractivity contribution in [2.24, 2.45) is 0 Å². The van der Waals surface area contributed by atoms with Crippen molar-refractivity contribution in [3.63, 3.8) is 0 Å². The molecule has 190 valence electrons. The van der Waals surface area contributed by atoms with E-state index in [9.17, 15) is 22.6 Å². The zero-order chi connectivity index (χ0) is 25.2. The Morgan fingerprint density at radius 3 is 1.74 bits per heavy atom. The Morgan fingerprint density at radius 2 is 1.26 bits per heavy atom. The number of rotatable bonds is 17. The van der Waals surface area contributed by atoms with Gasteiger partial charge in [-0.3, -0.25) is 4.55 Å². The zero-order valence-corrected chi connectivity index (χ0v) is 21.1. The average Bonchev–Trinajstić information content (AvgIpc) is 2.81. The first-order chi connectivity index (χ1) is 16.3. The second-order valence-corrected chi connectivity index (χ2v) is 9.44.